The average Bonchev–Trinajstić information content (AvgIpc) is 1.96. The second-order valence-corrected chi connectivity index (χ2v) is 3.91. The molecule has 84 valence electrons. The predicted octanol–water partition coefficient (Wildman–Crippen LogP) is -0.433. The molecule has 0 radical (unpaired) electrons. The molecule has 14 heavy (non-hydrogen) atoms. The number of rotatable bonds is 3. The Labute approximate surface area is 83.5 Å². The molecule has 0 aliphatic heterocycles. The predicted molar refractivity (Wildman–Crippen MR) is 52.3 cm³/mol. The van der Waals surface area contributed by atoms with Gasteiger partial charge in [0.05, 0.1) is 6.26 Å². The van der Waals surface area contributed by atoms with Crippen LogP contribution in [0.4, 0.5) is 0 Å². The van der Waals surface area contributed by atoms with Crippen LogP contribution >= 0.6 is 0 Å². The molecule has 0 aromatic rings. The van der Waals surface area contributed by atoms with Crippen molar-refractivity contribution in [3.63, 3.8) is 0 Å². The van der Waals surface area contributed by atoms with Crippen molar-refractivity contribution < 1.29 is 22.5 Å². The van der Waals surface area contributed by atoms with Gasteiger partial charge in [-0.2, -0.15) is 8.42 Å². The van der Waals surface area contributed by atoms with Gasteiger partial charge >= 0.3 is 5.97 Å². The highest BCUT2D eigenvalue weighted by Gasteiger charge is 2.05. The maximum Gasteiger partial charge on any atom is 0.322 e. The van der Waals surface area contributed by atoms with Gasteiger partial charge in [-0.15, -0.1) is 0 Å². The van der Waals surface area contributed by atoms with E-state index < -0.39 is 22.1 Å². The van der Waals surface area contributed by atoms with Crippen molar-refractivity contribution in [1.82, 2.24) is 0 Å². The fraction of sp³-hybridized carbons (Fsp3) is 0.571. The Kier molecular flexibility index (Phi) is 8.31. The van der Waals surface area contributed by atoms with Crippen molar-refractivity contribution in [2.45, 2.75) is 13.0 Å². The third-order valence-electron chi connectivity index (χ3n) is 0.715. The summed E-state index contributed by atoms with van der Waals surface area (Å²) in [6.45, 7) is 5.19. The topological polar surface area (TPSA) is 107 Å². The summed E-state index contributed by atoms with van der Waals surface area (Å²) in [6, 6.07) is -0.537. The van der Waals surface area contributed by atoms with Gasteiger partial charge in [0.25, 0.3) is 10.1 Å². The van der Waals surface area contributed by atoms with E-state index in [4.69, 9.17) is 10.3 Å². The van der Waals surface area contributed by atoms with E-state index in [1.54, 1.807) is 6.92 Å². The number of carbonyl (C=O) groups is 1. The van der Waals surface area contributed by atoms with Crippen LogP contribution < -0.4 is 5.73 Å². The zero-order valence-electron chi connectivity index (χ0n) is 8.13. The lowest BCUT2D eigenvalue weighted by Gasteiger charge is -2.02. The Balaban J connectivity index is 0. The van der Waals surface area contributed by atoms with Gasteiger partial charge in [-0.05, 0) is 6.92 Å². The first kappa shape index (κ1) is 15.5. The normalized spacial score (nSPS) is 12.0. The summed E-state index contributed by atoms with van der Waals surface area (Å²) in [5.41, 5.74) is 5.17. The molecule has 1 atom stereocenters. The number of carbonyl (C=O) groups excluding carboxylic acids is 1. The summed E-state index contributed by atoms with van der Waals surface area (Å²) in [4.78, 5) is 10.5. The summed E-state index contributed by atoms with van der Waals surface area (Å²) in [5, 5.41) is 0. The molecular formula is C7H15NO5S. The highest BCUT2D eigenvalue weighted by molar-refractivity contribution is 7.85. The highest BCUT2D eigenvalue weighted by atomic mass is 32.2. The van der Waals surface area contributed by atoms with Crippen LogP contribution in [0.15, 0.2) is 12.7 Å². The number of nitrogens with two attached hydrogens (primary N) is 1. The Morgan fingerprint density at radius 1 is 1.71 bits per heavy atom. The van der Waals surface area contributed by atoms with Gasteiger partial charge in [0.15, 0.2) is 0 Å². The summed E-state index contributed by atoms with van der Waals surface area (Å²) < 4.78 is 30.4. The van der Waals surface area contributed by atoms with Crippen LogP contribution in [-0.4, -0.2) is 37.8 Å². The molecule has 0 spiro atoms. The maximum atomic E-state index is 10.5. The van der Waals surface area contributed by atoms with E-state index in [0.29, 0.717) is 6.26 Å². The third-order valence-corrected chi connectivity index (χ3v) is 0.715. The van der Waals surface area contributed by atoms with Crippen LogP contribution in [0, 0.1) is 0 Å². The minimum atomic E-state index is -3.67. The van der Waals surface area contributed by atoms with Crippen molar-refractivity contribution in [3.05, 3.63) is 12.7 Å². The smallest absolute Gasteiger partial charge is 0.322 e. The molecule has 0 unspecified atom stereocenters. The van der Waals surface area contributed by atoms with Crippen LogP contribution in [0.2, 0.25) is 0 Å². The van der Waals surface area contributed by atoms with Gasteiger partial charge in [-0.1, -0.05) is 12.7 Å². The second kappa shape index (κ2) is 7.48. The molecule has 3 N–H and O–H groups in total. The summed E-state index contributed by atoms with van der Waals surface area (Å²) in [6.07, 6.45) is 2.22. The van der Waals surface area contributed by atoms with E-state index in [1.165, 1.54) is 6.08 Å². The molecule has 0 aliphatic carbocycles. The maximum absolute atomic E-state index is 10.5. The molecule has 0 aromatic heterocycles. The zero-order chi connectivity index (χ0) is 11.8. The molecule has 0 saturated carbocycles. The first-order chi connectivity index (χ1) is 6.18. The van der Waals surface area contributed by atoms with Crippen LogP contribution in [0.3, 0.4) is 0 Å². The van der Waals surface area contributed by atoms with Gasteiger partial charge in [-0.3, -0.25) is 9.35 Å². The molecule has 0 heterocycles. The molecule has 0 aromatic carbocycles. The average molecular weight is 225 g/mol. The number of hydrogen-bond acceptors (Lipinski definition) is 5. The highest BCUT2D eigenvalue weighted by Crippen LogP contribution is 1.82. The van der Waals surface area contributed by atoms with E-state index in [2.05, 4.69) is 11.3 Å². The van der Waals surface area contributed by atoms with Gasteiger partial charge < -0.3 is 10.5 Å². The largest absolute Gasteiger partial charge is 0.460 e. The van der Waals surface area contributed by atoms with Crippen molar-refractivity contribution in [1.29, 1.82) is 0 Å². The minimum absolute atomic E-state index is 0.236. The van der Waals surface area contributed by atoms with Crippen LogP contribution in [0.5, 0.6) is 0 Å². The molecule has 0 amide bonds. The van der Waals surface area contributed by atoms with Crippen molar-refractivity contribution in [2.75, 3.05) is 12.9 Å². The fourth-order valence-corrected chi connectivity index (χ4v) is 0.273. The number of ether oxygens (including phenoxy) is 1. The van der Waals surface area contributed by atoms with E-state index in [9.17, 15) is 13.2 Å². The fourth-order valence-electron chi connectivity index (χ4n) is 0.273. The Hall–Kier alpha value is -0.920. The molecule has 0 fully saturated rings. The van der Waals surface area contributed by atoms with Crippen molar-refractivity contribution >= 4 is 16.1 Å². The van der Waals surface area contributed by atoms with Crippen LogP contribution in [0.25, 0.3) is 0 Å². The van der Waals surface area contributed by atoms with Gasteiger partial charge in [0.1, 0.15) is 12.6 Å². The van der Waals surface area contributed by atoms with Crippen molar-refractivity contribution in [2.24, 2.45) is 5.73 Å². The summed E-state index contributed by atoms with van der Waals surface area (Å²) in [7, 11) is -3.67. The van der Waals surface area contributed by atoms with Crippen molar-refractivity contribution in [3.8, 4) is 0 Å². The zero-order valence-corrected chi connectivity index (χ0v) is 8.95. The first-order valence-corrected chi connectivity index (χ1v) is 5.49. The summed E-state index contributed by atoms with van der Waals surface area (Å²) >= 11 is 0. The lowest BCUT2D eigenvalue weighted by atomic mass is 10.4. The van der Waals surface area contributed by atoms with E-state index in [0.717, 1.165) is 0 Å². The molecule has 0 saturated heterocycles. The van der Waals surface area contributed by atoms with E-state index in [1.807, 2.05) is 0 Å². The van der Waals surface area contributed by atoms with E-state index >= 15 is 0 Å². The number of esters is 1. The van der Waals surface area contributed by atoms with Gasteiger partial charge in [0, 0.05) is 0 Å². The SMILES string of the molecule is C=CCOC(=O)[C@H](C)N.CS(=O)(=O)O. The molecule has 7 heteroatoms. The molecule has 0 aliphatic rings. The third kappa shape index (κ3) is 22.5. The minimum Gasteiger partial charge on any atom is -0.460 e. The van der Waals surface area contributed by atoms with Crippen LogP contribution in [-0.2, 0) is 19.6 Å². The second-order valence-electron chi connectivity index (χ2n) is 2.44. The molecular weight excluding hydrogens is 210 g/mol. The molecule has 0 rings (SSSR count). The number of hydrogen-bond donors (Lipinski definition) is 2. The Morgan fingerprint density at radius 3 is 2.29 bits per heavy atom. The summed E-state index contributed by atoms with van der Waals surface area (Å²) in [5.74, 6) is -0.394. The van der Waals surface area contributed by atoms with E-state index in [-0.39, 0.29) is 6.61 Å². The lowest BCUT2D eigenvalue weighted by Crippen LogP contribution is -2.28. The Morgan fingerprint density at radius 2 is 2.07 bits per heavy atom. The van der Waals surface area contributed by atoms with Gasteiger partial charge in [0.2, 0.25) is 0 Å². The standard InChI is InChI=1S/C6H11NO2.CH4O3S/c1-3-4-9-6(8)5(2)7;1-5(2,3)4/h3,5H,1,4,7H2,2H3;1H3,(H,2,3,4)/t5-;/m0./s1. The molecule has 6 nitrogen and oxygen atoms in total. The van der Waals surface area contributed by atoms with Gasteiger partial charge in [-0.25, -0.2) is 0 Å². The van der Waals surface area contributed by atoms with Crippen LogP contribution in [0.1, 0.15) is 6.92 Å². The quantitative estimate of drug-likeness (QED) is 0.383. The monoisotopic (exact) mass is 225 g/mol. The lowest BCUT2D eigenvalue weighted by molar-refractivity contribution is -0.143. The molecule has 0 bridgehead atoms. The Bertz CT molecular complexity index is 262. The first-order valence-electron chi connectivity index (χ1n) is 3.64.